The van der Waals surface area contributed by atoms with Crippen LogP contribution >= 0.6 is 0 Å². The van der Waals surface area contributed by atoms with E-state index in [1.807, 2.05) is 43.0 Å². The van der Waals surface area contributed by atoms with E-state index >= 15 is 0 Å². The molecule has 0 saturated carbocycles. The summed E-state index contributed by atoms with van der Waals surface area (Å²) in [7, 11) is 0. The molecule has 0 radical (unpaired) electrons. The topological polar surface area (TPSA) is 49.8 Å². The van der Waals surface area contributed by atoms with Gasteiger partial charge in [-0.2, -0.15) is 0 Å². The first-order valence-electron chi connectivity index (χ1n) is 8.99. The second-order valence-corrected chi connectivity index (χ2v) is 6.73. The van der Waals surface area contributed by atoms with Gasteiger partial charge in [0, 0.05) is 13.1 Å². The minimum Gasteiger partial charge on any atom is -0.508 e. The molecule has 4 heteroatoms. The monoisotopic (exact) mass is 351 g/mol. The summed E-state index contributed by atoms with van der Waals surface area (Å²) in [5, 5.41) is 9.38. The molecule has 0 aliphatic carbocycles. The van der Waals surface area contributed by atoms with Crippen LogP contribution in [-0.2, 0) is 4.79 Å². The maximum Gasteiger partial charge on any atom is 0.226 e. The van der Waals surface area contributed by atoms with Crippen LogP contribution in [-0.4, -0.2) is 35.6 Å². The number of amides is 1. The summed E-state index contributed by atoms with van der Waals surface area (Å²) in [6.45, 7) is 5.78. The van der Waals surface area contributed by atoms with Crippen LogP contribution in [0, 0.1) is 13.8 Å². The van der Waals surface area contributed by atoms with E-state index in [0.717, 1.165) is 35.4 Å². The molecule has 0 unspecified atom stereocenters. The Labute approximate surface area is 154 Å². The number of aryl methyl sites for hydroxylation is 2. The predicted molar refractivity (Wildman–Crippen MR) is 103 cm³/mol. The van der Waals surface area contributed by atoms with Gasteiger partial charge in [0.2, 0.25) is 5.91 Å². The first kappa shape index (κ1) is 18.1. The number of ether oxygens (including phenoxy) is 1. The second-order valence-electron chi connectivity index (χ2n) is 6.73. The Hall–Kier alpha value is -2.75. The number of phenolic OH excluding ortho intramolecular Hbond substituents is 1. The van der Waals surface area contributed by atoms with Crippen molar-refractivity contribution in [2.24, 2.45) is 0 Å². The third-order valence-electron chi connectivity index (χ3n) is 4.72. The highest BCUT2D eigenvalue weighted by molar-refractivity contribution is 5.78. The molecule has 1 amide bonds. The van der Waals surface area contributed by atoms with Crippen LogP contribution in [0.25, 0.3) is 5.57 Å². The van der Waals surface area contributed by atoms with Crippen LogP contribution in [0.1, 0.15) is 29.5 Å². The van der Waals surface area contributed by atoms with E-state index in [-0.39, 0.29) is 11.7 Å². The third-order valence-corrected chi connectivity index (χ3v) is 4.72. The van der Waals surface area contributed by atoms with Crippen LogP contribution in [0.3, 0.4) is 0 Å². The third kappa shape index (κ3) is 4.45. The van der Waals surface area contributed by atoms with Crippen molar-refractivity contribution >= 4 is 11.5 Å². The normalized spacial score (nSPS) is 14.1. The number of carbonyl (C=O) groups is 1. The van der Waals surface area contributed by atoms with Crippen LogP contribution in [0.15, 0.2) is 48.5 Å². The van der Waals surface area contributed by atoms with Crippen molar-refractivity contribution in [2.75, 3.05) is 19.7 Å². The number of hydrogen-bond donors (Lipinski definition) is 1. The summed E-state index contributed by atoms with van der Waals surface area (Å²) >= 11 is 0. The van der Waals surface area contributed by atoms with E-state index in [4.69, 9.17) is 4.74 Å². The van der Waals surface area contributed by atoms with E-state index < -0.39 is 0 Å². The zero-order valence-electron chi connectivity index (χ0n) is 15.4. The lowest BCUT2D eigenvalue weighted by Crippen LogP contribution is -2.35. The van der Waals surface area contributed by atoms with Crippen molar-refractivity contribution < 1.29 is 14.6 Å². The summed E-state index contributed by atoms with van der Waals surface area (Å²) in [5.74, 6) is 1.24. The fourth-order valence-corrected chi connectivity index (χ4v) is 3.10. The maximum atomic E-state index is 12.4. The van der Waals surface area contributed by atoms with Crippen LogP contribution in [0.2, 0.25) is 0 Å². The number of nitrogens with zero attached hydrogens (tertiary/aromatic N) is 1. The number of phenols is 1. The molecule has 2 aromatic carbocycles. The number of benzene rings is 2. The van der Waals surface area contributed by atoms with Crippen molar-refractivity contribution in [3.8, 4) is 11.5 Å². The summed E-state index contributed by atoms with van der Waals surface area (Å²) in [6, 6.07) is 13.3. The van der Waals surface area contributed by atoms with Gasteiger partial charge in [-0.25, -0.2) is 0 Å². The highest BCUT2D eigenvalue weighted by Gasteiger charge is 2.18. The molecule has 0 bridgehead atoms. The van der Waals surface area contributed by atoms with Crippen LogP contribution < -0.4 is 4.74 Å². The van der Waals surface area contributed by atoms with Crippen molar-refractivity contribution in [1.29, 1.82) is 0 Å². The molecule has 1 N–H and O–H groups in total. The van der Waals surface area contributed by atoms with Gasteiger partial charge in [0.15, 0.2) is 0 Å². The Bertz CT molecular complexity index is 809. The van der Waals surface area contributed by atoms with Crippen molar-refractivity contribution in [3.05, 3.63) is 65.2 Å². The van der Waals surface area contributed by atoms with Gasteiger partial charge < -0.3 is 14.7 Å². The lowest BCUT2D eigenvalue weighted by atomic mass is 9.99. The molecular formula is C22H25NO3. The number of hydrogen-bond acceptors (Lipinski definition) is 3. The second kappa shape index (κ2) is 8.09. The number of rotatable bonds is 5. The van der Waals surface area contributed by atoms with Gasteiger partial charge in [0.25, 0.3) is 0 Å². The Morgan fingerprint density at radius 1 is 1.15 bits per heavy atom. The van der Waals surface area contributed by atoms with Crippen LogP contribution in [0.4, 0.5) is 0 Å². The molecule has 0 spiro atoms. The first-order valence-corrected chi connectivity index (χ1v) is 8.99. The Kier molecular flexibility index (Phi) is 5.61. The lowest BCUT2D eigenvalue weighted by molar-refractivity contribution is -0.131. The van der Waals surface area contributed by atoms with Gasteiger partial charge in [0.05, 0.1) is 13.0 Å². The van der Waals surface area contributed by atoms with E-state index in [2.05, 4.69) is 12.1 Å². The zero-order chi connectivity index (χ0) is 18.5. The highest BCUT2D eigenvalue weighted by Crippen LogP contribution is 2.24. The van der Waals surface area contributed by atoms with Gasteiger partial charge in [-0.3, -0.25) is 4.79 Å². The molecule has 0 fully saturated rings. The molecule has 2 aromatic rings. The van der Waals surface area contributed by atoms with Crippen molar-refractivity contribution in [3.63, 3.8) is 0 Å². The molecule has 4 nitrogen and oxygen atoms in total. The molecule has 26 heavy (non-hydrogen) atoms. The minimum absolute atomic E-state index is 0.122. The largest absolute Gasteiger partial charge is 0.508 e. The standard InChI is InChI=1S/C22H25NO3/c1-16-3-4-17(2)21(15-16)26-14-11-22(25)23-12-9-19(10-13-23)18-5-7-20(24)8-6-18/h3-9,15,24H,10-14H2,1-2H3. The van der Waals surface area contributed by atoms with E-state index in [9.17, 15) is 9.90 Å². The fourth-order valence-electron chi connectivity index (χ4n) is 3.10. The zero-order valence-corrected chi connectivity index (χ0v) is 15.4. The number of aromatic hydroxyl groups is 1. The van der Waals surface area contributed by atoms with Gasteiger partial charge in [-0.1, -0.05) is 30.3 Å². The Balaban J connectivity index is 1.50. The van der Waals surface area contributed by atoms with E-state index in [1.54, 1.807) is 12.1 Å². The fraction of sp³-hybridized carbons (Fsp3) is 0.318. The van der Waals surface area contributed by atoms with E-state index in [0.29, 0.717) is 19.6 Å². The Morgan fingerprint density at radius 2 is 1.92 bits per heavy atom. The summed E-state index contributed by atoms with van der Waals surface area (Å²) < 4.78 is 5.79. The molecule has 0 aromatic heterocycles. The molecule has 136 valence electrons. The molecular weight excluding hydrogens is 326 g/mol. The summed E-state index contributed by atoms with van der Waals surface area (Å²) in [4.78, 5) is 14.3. The maximum absolute atomic E-state index is 12.4. The smallest absolute Gasteiger partial charge is 0.226 e. The van der Waals surface area contributed by atoms with Gasteiger partial charge in [0.1, 0.15) is 11.5 Å². The molecule has 1 aliphatic rings. The quantitative estimate of drug-likeness (QED) is 0.882. The average molecular weight is 351 g/mol. The minimum atomic E-state index is 0.122. The molecule has 1 aliphatic heterocycles. The SMILES string of the molecule is Cc1ccc(C)c(OCCC(=O)N2CC=C(c3ccc(O)cc3)CC2)c1. The van der Waals surface area contributed by atoms with Gasteiger partial charge >= 0.3 is 0 Å². The highest BCUT2D eigenvalue weighted by atomic mass is 16.5. The van der Waals surface area contributed by atoms with Crippen molar-refractivity contribution in [2.45, 2.75) is 26.7 Å². The molecule has 3 rings (SSSR count). The van der Waals surface area contributed by atoms with Gasteiger partial charge in [-0.15, -0.1) is 0 Å². The predicted octanol–water partition coefficient (Wildman–Crippen LogP) is 4.09. The molecule has 0 atom stereocenters. The summed E-state index contributed by atoms with van der Waals surface area (Å²) in [6.07, 6.45) is 3.31. The summed E-state index contributed by atoms with van der Waals surface area (Å²) in [5.41, 5.74) is 4.57. The van der Waals surface area contributed by atoms with E-state index in [1.165, 1.54) is 5.57 Å². The van der Waals surface area contributed by atoms with Crippen LogP contribution in [0.5, 0.6) is 11.5 Å². The van der Waals surface area contributed by atoms with Gasteiger partial charge in [-0.05, 0) is 60.7 Å². The average Bonchev–Trinajstić information content (AvgIpc) is 2.65. The Morgan fingerprint density at radius 3 is 2.62 bits per heavy atom. The number of carbonyl (C=O) groups excluding carboxylic acids is 1. The molecule has 1 heterocycles. The lowest BCUT2D eigenvalue weighted by Gasteiger charge is -2.27. The molecule has 0 saturated heterocycles. The van der Waals surface area contributed by atoms with Crippen molar-refractivity contribution in [1.82, 2.24) is 4.90 Å². The first-order chi connectivity index (χ1) is 12.5.